The van der Waals surface area contributed by atoms with E-state index in [0.717, 1.165) is 12.8 Å². The zero-order chi connectivity index (χ0) is 14.5. The Kier molecular flexibility index (Phi) is 4.77. The first-order chi connectivity index (χ1) is 9.67. The summed E-state index contributed by atoms with van der Waals surface area (Å²) in [7, 11) is 1.38. The van der Waals surface area contributed by atoms with Gasteiger partial charge in [-0.1, -0.05) is 37.3 Å². The molecule has 1 aromatic carbocycles. The van der Waals surface area contributed by atoms with Gasteiger partial charge >= 0.3 is 5.97 Å². The van der Waals surface area contributed by atoms with Crippen molar-refractivity contribution in [3.8, 4) is 0 Å². The molecular formula is C16H21NO3. The predicted octanol–water partition coefficient (Wildman–Crippen LogP) is 2.17. The molecule has 1 heterocycles. The van der Waals surface area contributed by atoms with E-state index in [1.807, 2.05) is 25.1 Å². The number of hydrogen-bond acceptors (Lipinski definition) is 3. The molecule has 0 radical (unpaired) electrons. The van der Waals surface area contributed by atoms with Crippen LogP contribution in [0.5, 0.6) is 0 Å². The van der Waals surface area contributed by atoms with E-state index in [1.165, 1.54) is 12.7 Å². The Bertz CT molecular complexity index is 472. The van der Waals surface area contributed by atoms with E-state index in [9.17, 15) is 9.59 Å². The third-order valence-electron chi connectivity index (χ3n) is 3.91. The van der Waals surface area contributed by atoms with Crippen LogP contribution in [0, 0.1) is 0 Å². The lowest BCUT2D eigenvalue weighted by atomic mass is 10.0. The highest BCUT2D eigenvalue weighted by Crippen LogP contribution is 2.25. The number of likely N-dealkylation sites (tertiary alicyclic amines) is 1. The Morgan fingerprint density at radius 3 is 2.70 bits per heavy atom. The van der Waals surface area contributed by atoms with E-state index >= 15 is 0 Å². The molecule has 1 aromatic rings. The van der Waals surface area contributed by atoms with Crippen molar-refractivity contribution >= 4 is 11.9 Å². The minimum Gasteiger partial charge on any atom is -0.467 e. The van der Waals surface area contributed by atoms with Gasteiger partial charge in [0, 0.05) is 12.5 Å². The van der Waals surface area contributed by atoms with Crippen LogP contribution in [0.3, 0.4) is 0 Å². The molecule has 2 unspecified atom stereocenters. The average molecular weight is 275 g/mol. The van der Waals surface area contributed by atoms with Gasteiger partial charge in [0.15, 0.2) is 0 Å². The zero-order valence-corrected chi connectivity index (χ0v) is 12.0. The van der Waals surface area contributed by atoms with E-state index in [4.69, 9.17) is 4.74 Å². The third kappa shape index (κ3) is 3.00. The normalized spacial score (nSPS) is 20.0. The van der Waals surface area contributed by atoms with Gasteiger partial charge in [0.05, 0.1) is 7.11 Å². The second kappa shape index (κ2) is 6.55. The maximum absolute atomic E-state index is 12.1. The number of carbonyl (C=O) groups is 2. The summed E-state index contributed by atoms with van der Waals surface area (Å²) in [6.45, 7) is 2.05. The van der Waals surface area contributed by atoms with Gasteiger partial charge in [-0.3, -0.25) is 4.79 Å². The largest absolute Gasteiger partial charge is 0.467 e. The van der Waals surface area contributed by atoms with Gasteiger partial charge in [-0.25, -0.2) is 4.79 Å². The second-order valence-electron chi connectivity index (χ2n) is 5.13. The van der Waals surface area contributed by atoms with Crippen LogP contribution in [-0.2, 0) is 20.7 Å². The van der Waals surface area contributed by atoms with Crippen LogP contribution in [0.4, 0.5) is 0 Å². The summed E-state index contributed by atoms with van der Waals surface area (Å²) in [4.78, 5) is 25.7. The van der Waals surface area contributed by atoms with E-state index in [-0.39, 0.29) is 17.9 Å². The molecule has 0 N–H and O–H groups in total. The highest BCUT2D eigenvalue weighted by Gasteiger charge is 2.40. The number of esters is 1. The van der Waals surface area contributed by atoms with Crippen molar-refractivity contribution in [2.24, 2.45) is 0 Å². The lowest BCUT2D eigenvalue weighted by molar-refractivity contribution is -0.150. The molecule has 0 saturated carbocycles. The minimum absolute atomic E-state index is 0.0523. The fourth-order valence-electron chi connectivity index (χ4n) is 2.85. The van der Waals surface area contributed by atoms with Crippen molar-refractivity contribution in [1.82, 2.24) is 4.90 Å². The van der Waals surface area contributed by atoms with Crippen molar-refractivity contribution in [2.45, 2.75) is 44.7 Å². The molecule has 2 atom stereocenters. The van der Waals surface area contributed by atoms with Gasteiger partial charge in [-0.05, 0) is 24.8 Å². The van der Waals surface area contributed by atoms with Crippen LogP contribution < -0.4 is 0 Å². The number of nitrogens with zero attached hydrogens (tertiary/aromatic N) is 1. The molecule has 0 aliphatic carbocycles. The quantitative estimate of drug-likeness (QED) is 0.774. The molecule has 0 bridgehead atoms. The summed E-state index contributed by atoms with van der Waals surface area (Å²) in [5.74, 6) is -0.245. The van der Waals surface area contributed by atoms with Crippen molar-refractivity contribution < 1.29 is 14.3 Å². The van der Waals surface area contributed by atoms with Gasteiger partial charge in [-0.2, -0.15) is 0 Å². The van der Waals surface area contributed by atoms with Gasteiger partial charge in [-0.15, -0.1) is 0 Å². The summed E-state index contributed by atoms with van der Waals surface area (Å²) in [6, 6.07) is 9.70. The molecule has 1 aliphatic heterocycles. The first-order valence-electron chi connectivity index (χ1n) is 7.10. The lowest BCUT2D eigenvalue weighted by Gasteiger charge is -2.31. The number of hydrogen-bond donors (Lipinski definition) is 0. The molecule has 20 heavy (non-hydrogen) atoms. The van der Waals surface area contributed by atoms with E-state index in [2.05, 4.69) is 12.1 Å². The van der Waals surface area contributed by atoms with Crippen LogP contribution in [-0.4, -0.2) is 36.0 Å². The topological polar surface area (TPSA) is 46.6 Å². The number of ether oxygens (including phenoxy) is 1. The fourth-order valence-corrected chi connectivity index (χ4v) is 2.85. The van der Waals surface area contributed by atoms with Crippen LogP contribution in [0.1, 0.15) is 31.7 Å². The third-order valence-corrected chi connectivity index (χ3v) is 3.91. The Morgan fingerprint density at radius 2 is 2.10 bits per heavy atom. The molecule has 1 aliphatic rings. The van der Waals surface area contributed by atoms with Crippen molar-refractivity contribution in [1.29, 1.82) is 0 Å². The van der Waals surface area contributed by atoms with E-state index < -0.39 is 6.04 Å². The Balaban J connectivity index is 2.16. The van der Waals surface area contributed by atoms with Crippen molar-refractivity contribution in [3.05, 3.63) is 35.9 Å². The summed E-state index contributed by atoms with van der Waals surface area (Å²) in [5, 5.41) is 0. The first-order valence-corrected chi connectivity index (χ1v) is 7.10. The maximum Gasteiger partial charge on any atom is 0.328 e. The first kappa shape index (κ1) is 14.6. The standard InChI is InChI=1S/C16H21NO3/c1-3-13(11-12-7-5-4-6-8-12)17-14(16(19)20-2)9-10-15(17)18/h4-8,13-14H,3,9-11H2,1-2H3. The van der Waals surface area contributed by atoms with E-state index in [1.54, 1.807) is 4.90 Å². The fraction of sp³-hybridized carbons (Fsp3) is 0.500. The number of benzene rings is 1. The second-order valence-corrected chi connectivity index (χ2v) is 5.13. The predicted molar refractivity (Wildman–Crippen MR) is 76.1 cm³/mol. The molecule has 1 amide bonds. The van der Waals surface area contributed by atoms with Crippen molar-refractivity contribution in [2.75, 3.05) is 7.11 Å². The van der Waals surface area contributed by atoms with Crippen LogP contribution in [0.15, 0.2) is 30.3 Å². The molecule has 0 aromatic heterocycles. The monoisotopic (exact) mass is 275 g/mol. The molecule has 1 fully saturated rings. The zero-order valence-electron chi connectivity index (χ0n) is 12.0. The summed E-state index contributed by atoms with van der Waals surface area (Å²) in [5.41, 5.74) is 1.18. The van der Waals surface area contributed by atoms with Crippen molar-refractivity contribution in [3.63, 3.8) is 0 Å². The van der Waals surface area contributed by atoms with Gasteiger partial charge < -0.3 is 9.64 Å². The number of carbonyl (C=O) groups excluding carboxylic acids is 2. The molecule has 2 rings (SSSR count). The van der Waals surface area contributed by atoms with Gasteiger partial charge in [0.2, 0.25) is 5.91 Å². The maximum atomic E-state index is 12.1. The van der Waals surface area contributed by atoms with Crippen LogP contribution in [0.25, 0.3) is 0 Å². The highest BCUT2D eigenvalue weighted by atomic mass is 16.5. The Morgan fingerprint density at radius 1 is 1.40 bits per heavy atom. The molecule has 4 heteroatoms. The molecule has 0 spiro atoms. The average Bonchev–Trinajstić information content (AvgIpc) is 2.87. The summed E-state index contributed by atoms with van der Waals surface area (Å²) < 4.78 is 4.82. The minimum atomic E-state index is -0.416. The van der Waals surface area contributed by atoms with Gasteiger partial charge in [0.1, 0.15) is 6.04 Å². The number of methoxy groups -OCH3 is 1. The Hall–Kier alpha value is -1.84. The van der Waals surface area contributed by atoms with Gasteiger partial charge in [0.25, 0.3) is 0 Å². The Labute approximate surface area is 119 Å². The molecular weight excluding hydrogens is 254 g/mol. The van der Waals surface area contributed by atoms with E-state index in [0.29, 0.717) is 12.8 Å². The number of amides is 1. The number of rotatable bonds is 5. The lowest BCUT2D eigenvalue weighted by Crippen LogP contribution is -2.46. The smallest absolute Gasteiger partial charge is 0.328 e. The summed E-state index contributed by atoms with van der Waals surface area (Å²) in [6.07, 6.45) is 2.60. The highest BCUT2D eigenvalue weighted by molar-refractivity contribution is 5.88. The molecule has 108 valence electrons. The molecule has 1 saturated heterocycles. The van der Waals surface area contributed by atoms with Crippen LogP contribution >= 0.6 is 0 Å². The van der Waals surface area contributed by atoms with Crippen LogP contribution in [0.2, 0.25) is 0 Å². The summed E-state index contributed by atoms with van der Waals surface area (Å²) >= 11 is 0. The SMILES string of the molecule is CCC(Cc1ccccc1)N1C(=O)CCC1C(=O)OC. The molecule has 4 nitrogen and oxygen atoms in total.